The van der Waals surface area contributed by atoms with Crippen molar-refractivity contribution >= 4 is 11.9 Å². The molecule has 0 atom stereocenters. The summed E-state index contributed by atoms with van der Waals surface area (Å²) in [6.07, 6.45) is 4.73. The van der Waals surface area contributed by atoms with Crippen LogP contribution in [0.5, 0.6) is 0 Å². The number of amides is 1. The van der Waals surface area contributed by atoms with Crippen molar-refractivity contribution in [1.82, 2.24) is 9.88 Å². The van der Waals surface area contributed by atoms with E-state index in [9.17, 15) is 9.59 Å². The molecule has 0 saturated heterocycles. The highest BCUT2D eigenvalue weighted by Crippen LogP contribution is 2.09. The van der Waals surface area contributed by atoms with E-state index < -0.39 is 0 Å². The Morgan fingerprint density at radius 3 is 2.48 bits per heavy atom. The number of ether oxygens (including phenoxy) is 1. The van der Waals surface area contributed by atoms with E-state index in [2.05, 4.69) is 4.98 Å². The zero-order chi connectivity index (χ0) is 17.9. The molecule has 2 aromatic rings. The zero-order valence-electron chi connectivity index (χ0n) is 14.6. The van der Waals surface area contributed by atoms with E-state index in [-0.39, 0.29) is 18.3 Å². The van der Waals surface area contributed by atoms with Crippen molar-refractivity contribution in [3.63, 3.8) is 0 Å². The van der Waals surface area contributed by atoms with Gasteiger partial charge in [-0.3, -0.25) is 14.6 Å². The molecule has 132 valence electrons. The van der Waals surface area contributed by atoms with Crippen LogP contribution in [0.15, 0.2) is 54.9 Å². The Labute approximate surface area is 148 Å². The predicted molar refractivity (Wildman–Crippen MR) is 95.7 cm³/mol. The van der Waals surface area contributed by atoms with Gasteiger partial charge in [-0.05, 0) is 30.5 Å². The minimum atomic E-state index is -0.283. The lowest BCUT2D eigenvalue weighted by molar-refractivity contribution is -0.144. The van der Waals surface area contributed by atoms with Crippen molar-refractivity contribution in [2.75, 3.05) is 13.2 Å². The lowest BCUT2D eigenvalue weighted by atomic mass is 10.1. The molecule has 1 heterocycles. The minimum absolute atomic E-state index is 0.0250. The van der Waals surface area contributed by atoms with Gasteiger partial charge < -0.3 is 9.64 Å². The summed E-state index contributed by atoms with van der Waals surface area (Å²) >= 11 is 0. The van der Waals surface area contributed by atoms with Crippen LogP contribution in [-0.4, -0.2) is 34.9 Å². The first-order chi connectivity index (χ1) is 12.2. The average Bonchev–Trinajstić information content (AvgIpc) is 2.65. The van der Waals surface area contributed by atoms with E-state index in [1.807, 2.05) is 42.5 Å². The summed E-state index contributed by atoms with van der Waals surface area (Å²) < 4.78 is 4.96. The molecule has 5 nitrogen and oxygen atoms in total. The second-order valence-corrected chi connectivity index (χ2v) is 5.72. The molecule has 25 heavy (non-hydrogen) atoms. The first-order valence-electron chi connectivity index (χ1n) is 8.55. The van der Waals surface area contributed by atoms with Crippen molar-refractivity contribution in [1.29, 1.82) is 0 Å². The second kappa shape index (κ2) is 10.2. The van der Waals surface area contributed by atoms with Crippen molar-refractivity contribution in [2.24, 2.45) is 0 Å². The molecule has 0 spiro atoms. The molecule has 5 heteroatoms. The van der Waals surface area contributed by atoms with E-state index >= 15 is 0 Å². The number of carbonyl (C=O) groups excluding carboxylic acids is 2. The van der Waals surface area contributed by atoms with Gasteiger partial charge in [-0.1, -0.05) is 36.4 Å². The number of carbonyl (C=O) groups is 2. The molecule has 0 aliphatic heterocycles. The molecule has 0 radical (unpaired) electrons. The van der Waals surface area contributed by atoms with Crippen molar-refractivity contribution < 1.29 is 14.3 Å². The third kappa shape index (κ3) is 6.75. The fourth-order valence-corrected chi connectivity index (χ4v) is 2.52. The largest absolute Gasteiger partial charge is 0.466 e. The maximum absolute atomic E-state index is 12.6. The number of nitrogens with zero attached hydrogens (tertiary/aromatic N) is 2. The number of pyridine rings is 1. The van der Waals surface area contributed by atoms with E-state index in [0.717, 1.165) is 11.1 Å². The smallest absolute Gasteiger partial charge is 0.307 e. The SMILES string of the molecule is CCOC(=O)CCN(Cc1cccnc1)C(=O)CCc1ccccc1. The van der Waals surface area contributed by atoms with E-state index in [4.69, 9.17) is 4.74 Å². The van der Waals surface area contributed by atoms with Gasteiger partial charge in [0.25, 0.3) is 0 Å². The highest BCUT2D eigenvalue weighted by molar-refractivity contribution is 5.77. The Hall–Kier alpha value is -2.69. The molecule has 0 N–H and O–H groups in total. The van der Waals surface area contributed by atoms with Gasteiger partial charge in [0.2, 0.25) is 5.91 Å². The summed E-state index contributed by atoms with van der Waals surface area (Å²) in [6, 6.07) is 13.7. The Bertz CT molecular complexity index is 659. The molecule has 1 aromatic carbocycles. The summed E-state index contributed by atoms with van der Waals surface area (Å²) in [5.74, 6) is -0.258. The summed E-state index contributed by atoms with van der Waals surface area (Å²) in [5.41, 5.74) is 2.07. The standard InChI is InChI=1S/C20H24N2O3/c1-2-25-20(24)12-14-22(16-18-9-6-13-21-15-18)19(23)11-10-17-7-4-3-5-8-17/h3-9,13,15H,2,10-12,14,16H2,1H3. The molecule has 2 rings (SSSR count). The Morgan fingerprint density at radius 2 is 1.80 bits per heavy atom. The van der Waals surface area contributed by atoms with Crippen molar-refractivity contribution in [3.05, 3.63) is 66.0 Å². The molecular weight excluding hydrogens is 316 g/mol. The van der Waals surface area contributed by atoms with Crippen LogP contribution in [0, 0.1) is 0 Å². The van der Waals surface area contributed by atoms with Gasteiger partial charge in [-0.15, -0.1) is 0 Å². The fraction of sp³-hybridized carbons (Fsp3) is 0.350. The van der Waals surface area contributed by atoms with Crippen LogP contribution in [0.3, 0.4) is 0 Å². The maximum atomic E-state index is 12.6. The maximum Gasteiger partial charge on any atom is 0.307 e. The summed E-state index contributed by atoms with van der Waals surface area (Å²) in [4.78, 5) is 30.1. The molecule has 0 fully saturated rings. The first kappa shape index (κ1) is 18.6. The van der Waals surface area contributed by atoms with Gasteiger partial charge in [0.05, 0.1) is 13.0 Å². The van der Waals surface area contributed by atoms with Crippen molar-refractivity contribution in [3.8, 4) is 0 Å². The topological polar surface area (TPSA) is 59.5 Å². The Balaban J connectivity index is 1.96. The molecule has 1 aromatic heterocycles. The normalized spacial score (nSPS) is 10.3. The average molecular weight is 340 g/mol. The van der Waals surface area contributed by atoms with Crippen LogP contribution in [0.1, 0.15) is 30.9 Å². The van der Waals surface area contributed by atoms with Crippen molar-refractivity contribution in [2.45, 2.75) is 32.7 Å². The number of rotatable bonds is 9. The fourth-order valence-electron chi connectivity index (χ4n) is 2.52. The number of esters is 1. The highest BCUT2D eigenvalue weighted by Gasteiger charge is 2.16. The quantitative estimate of drug-likeness (QED) is 0.659. The van der Waals surface area contributed by atoms with Gasteiger partial charge in [0.1, 0.15) is 0 Å². The lowest BCUT2D eigenvalue weighted by Crippen LogP contribution is -2.33. The Kier molecular flexibility index (Phi) is 7.63. The van der Waals surface area contributed by atoms with Gasteiger partial charge in [0.15, 0.2) is 0 Å². The van der Waals surface area contributed by atoms with Gasteiger partial charge in [0, 0.05) is 31.9 Å². The van der Waals surface area contributed by atoms with Crippen LogP contribution in [0.4, 0.5) is 0 Å². The number of benzene rings is 1. The highest BCUT2D eigenvalue weighted by atomic mass is 16.5. The van der Waals surface area contributed by atoms with Crippen LogP contribution in [0.25, 0.3) is 0 Å². The lowest BCUT2D eigenvalue weighted by Gasteiger charge is -2.22. The Morgan fingerprint density at radius 1 is 1.04 bits per heavy atom. The summed E-state index contributed by atoms with van der Waals surface area (Å²) in [5, 5.41) is 0. The molecule has 0 aliphatic rings. The third-order valence-corrected chi connectivity index (χ3v) is 3.81. The zero-order valence-corrected chi connectivity index (χ0v) is 14.6. The third-order valence-electron chi connectivity index (χ3n) is 3.81. The van der Waals surface area contributed by atoms with Crippen LogP contribution in [0.2, 0.25) is 0 Å². The molecule has 0 aliphatic carbocycles. The summed E-state index contributed by atoms with van der Waals surface area (Å²) in [7, 11) is 0. The molecule has 0 unspecified atom stereocenters. The number of hydrogen-bond donors (Lipinski definition) is 0. The predicted octanol–water partition coefficient (Wildman–Crippen LogP) is 3.00. The molecule has 0 bridgehead atoms. The van der Waals surface area contributed by atoms with Gasteiger partial charge in [-0.2, -0.15) is 0 Å². The molecule has 0 saturated carbocycles. The second-order valence-electron chi connectivity index (χ2n) is 5.72. The van der Waals surface area contributed by atoms with Crippen LogP contribution in [-0.2, 0) is 27.3 Å². The minimum Gasteiger partial charge on any atom is -0.466 e. The number of aromatic nitrogens is 1. The first-order valence-corrected chi connectivity index (χ1v) is 8.55. The van der Waals surface area contributed by atoms with Crippen LogP contribution >= 0.6 is 0 Å². The van der Waals surface area contributed by atoms with E-state index in [1.54, 1.807) is 24.2 Å². The van der Waals surface area contributed by atoms with Crippen LogP contribution < -0.4 is 0 Å². The molecular formula is C20H24N2O3. The van der Waals surface area contributed by atoms with E-state index in [0.29, 0.717) is 32.5 Å². The molecule has 1 amide bonds. The van der Waals surface area contributed by atoms with Gasteiger partial charge >= 0.3 is 5.97 Å². The van der Waals surface area contributed by atoms with E-state index in [1.165, 1.54) is 0 Å². The monoisotopic (exact) mass is 340 g/mol. The van der Waals surface area contributed by atoms with Gasteiger partial charge in [-0.25, -0.2) is 0 Å². The number of aryl methyl sites for hydroxylation is 1. The number of hydrogen-bond acceptors (Lipinski definition) is 4. The summed E-state index contributed by atoms with van der Waals surface area (Å²) in [6.45, 7) is 2.92.